The van der Waals surface area contributed by atoms with Gasteiger partial charge in [-0.15, -0.1) is 0 Å². The van der Waals surface area contributed by atoms with E-state index in [2.05, 4.69) is 20.4 Å². The summed E-state index contributed by atoms with van der Waals surface area (Å²) >= 11 is 0. The molecular weight excluding hydrogens is 531 g/mol. The minimum Gasteiger partial charge on any atom is -0.493 e. The van der Waals surface area contributed by atoms with Crippen molar-refractivity contribution in [3.8, 4) is 28.9 Å². The molecule has 0 spiro atoms. The number of carbonyl (C=O) groups is 1. The maximum Gasteiger partial charge on any atom is 0.422 e. The van der Waals surface area contributed by atoms with E-state index in [1.165, 1.54) is 31.3 Å². The monoisotopic (exact) mass is 557 g/mol. The highest BCUT2D eigenvalue weighted by atomic mass is 19.4. The third-order valence-electron chi connectivity index (χ3n) is 6.42. The Labute approximate surface area is 227 Å². The minimum absolute atomic E-state index is 0.0122. The smallest absolute Gasteiger partial charge is 0.422 e. The molecule has 1 saturated carbocycles. The molecule has 0 atom stereocenters. The lowest BCUT2D eigenvalue weighted by molar-refractivity contribution is -0.153. The van der Waals surface area contributed by atoms with E-state index < -0.39 is 18.7 Å². The fourth-order valence-corrected chi connectivity index (χ4v) is 4.51. The molecule has 0 saturated heterocycles. The number of carbonyl (C=O) groups excluding carboxylic acids is 1. The van der Waals surface area contributed by atoms with Crippen LogP contribution in [0.3, 0.4) is 0 Å². The highest BCUT2D eigenvalue weighted by Gasteiger charge is 2.31. The number of methoxy groups -OCH3 is 2. The number of alkyl halides is 3. The number of pyridine rings is 2. The number of anilines is 1. The van der Waals surface area contributed by atoms with Gasteiger partial charge in [-0.25, -0.2) is 4.98 Å². The van der Waals surface area contributed by atoms with Gasteiger partial charge in [0.15, 0.2) is 29.5 Å². The molecule has 3 aromatic heterocycles. The summed E-state index contributed by atoms with van der Waals surface area (Å²) in [5.74, 6) is 0.793. The zero-order chi connectivity index (χ0) is 28.3. The Kier molecular flexibility index (Phi) is 7.63. The first-order chi connectivity index (χ1) is 19.2. The van der Waals surface area contributed by atoms with E-state index in [4.69, 9.17) is 18.9 Å². The molecule has 1 fully saturated rings. The molecule has 13 heteroatoms. The Balaban J connectivity index is 1.32. The number of rotatable bonds is 9. The number of aromatic nitrogens is 4. The van der Waals surface area contributed by atoms with Crippen LogP contribution in [-0.4, -0.2) is 52.7 Å². The molecule has 1 aliphatic carbocycles. The number of halogens is 3. The molecule has 1 aromatic carbocycles. The summed E-state index contributed by atoms with van der Waals surface area (Å²) in [6.45, 7) is -1.53. The number of ether oxygens (including phenoxy) is 4. The van der Waals surface area contributed by atoms with Crippen LogP contribution in [0.1, 0.15) is 42.2 Å². The zero-order valence-electron chi connectivity index (χ0n) is 21.7. The molecule has 0 bridgehead atoms. The Bertz CT molecular complexity index is 1500. The Morgan fingerprint density at radius 3 is 2.45 bits per heavy atom. The molecule has 10 nitrogen and oxygen atoms in total. The predicted molar refractivity (Wildman–Crippen MR) is 138 cm³/mol. The van der Waals surface area contributed by atoms with E-state index in [1.807, 2.05) is 0 Å². The van der Waals surface area contributed by atoms with Crippen molar-refractivity contribution in [3.63, 3.8) is 0 Å². The molecule has 0 aliphatic heterocycles. The Morgan fingerprint density at radius 1 is 1.02 bits per heavy atom. The maximum atomic E-state index is 13.0. The normalized spacial score (nSPS) is 13.8. The lowest BCUT2D eigenvalue weighted by atomic mass is 10.2. The fourth-order valence-electron chi connectivity index (χ4n) is 4.51. The van der Waals surface area contributed by atoms with Gasteiger partial charge in [-0.1, -0.05) is 12.8 Å². The second-order valence-electron chi connectivity index (χ2n) is 9.14. The molecule has 1 N–H and O–H groups in total. The largest absolute Gasteiger partial charge is 0.493 e. The van der Waals surface area contributed by atoms with Gasteiger partial charge in [0.05, 0.1) is 43.9 Å². The number of amides is 1. The fraction of sp³-hybridized carbons (Fsp3) is 0.333. The predicted octanol–water partition coefficient (Wildman–Crippen LogP) is 5.94. The topological polar surface area (TPSA) is 110 Å². The van der Waals surface area contributed by atoms with Gasteiger partial charge in [0.2, 0.25) is 5.88 Å². The lowest BCUT2D eigenvalue weighted by Gasteiger charge is -2.12. The van der Waals surface area contributed by atoms with Crippen molar-refractivity contribution in [1.82, 2.24) is 19.7 Å². The molecule has 0 unspecified atom stereocenters. The van der Waals surface area contributed by atoms with Gasteiger partial charge < -0.3 is 24.3 Å². The summed E-state index contributed by atoms with van der Waals surface area (Å²) in [6, 6.07) is 8.26. The number of nitrogens with zero attached hydrogens (tertiary/aromatic N) is 4. The van der Waals surface area contributed by atoms with Crippen LogP contribution in [0, 0.1) is 0 Å². The van der Waals surface area contributed by atoms with Crippen molar-refractivity contribution in [2.45, 2.75) is 37.9 Å². The summed E-state index contributed by atoms with van der Waals surface area (Å²) in [7, 11) is 3.06. The summed E-state index contributed by atoms with van der Waals surface area (Å²) in [4.78, 5) is 21.6. The molecular formula is C27H26F3N5O5. The molecule has 4 aromatic rings. The van der Waals surface area contributed by atoms with Crippen molar-refractivity contribution in [2.75, 3.05) is 26.1 Å². The van der Waals surface area contributed by atoms with Crippen LogP contribution in [0.15, 0.2) is 48.9 Å². The van der Waals surface area contributed by atoms with Gasteiger partial charge >= 0.3 is 6.18 Å². The molecule has 1 amide bonds. The van der Waals surface area contributed by atoms with Crippen molar-refractivity contribution in [1.29, 1.82) is 0 Å². The summed E-state index contributed by atoms with van der Waals surface area (Å²) in [6.07, 6.45) is 3.39. The van der Waals surface area contributed by atoms with Crippen LogP contribution in [-0.2, 0) is 0 Å². The first-order valence-corrected chi connectivity index (χ1v) is 12.5. The Morgan fingerprint density at radius 2 is 1.77 bits per heavy atom. The summed E-state index contributed by atoms with van der Waals surface area (Å²) in [5, 5.41) is 7.54. The van der Waals surface area contributed by atoms with Crippen LogP contribution < -0.4 is 24.3 Å². The van der Waals surface area contributed by atoms with Crippen LogP contribution in [0.2, 0.25) is 0 Å². The Hall–Kier alpha value is -4.55. The number of hydrogen-bond acceptors (Lipinski definition) is 8. The second-order valence-corrected chi connectivity index (χ2v) is 9.14. The van der Waals surface area contributed by atoms with Crippen LogP contribution in [0.4, 0.5) is 18.9 Å². The molecule has 40 heavy (non-hydrogen) atoms. The minimum atomic E-state index is -4.56. The van der Waals surface area contributed by atoms with Crippen molar-refractivity contribution in [2.24, 2.45) is 0 Å². The summed E-state index contributed by atoms with van der Waals surface area (Å²) in [5.41, 5.74) is 0.684. The number of hydrogen-bond donors (Lipinski definition) is 1. The van der Waals surface area contributed by atoms with Gasteiger partial charge in [0, 0.05) is 23.7 Å². The van der Waals surface area contributed by atoms with Crippen molar-refractivity contribution < 1.29 is 36.9 Å². The van der Waals surface area contributed by atoms with Crippen LogP contribution in [0.5, 0.6) is 28.9 Å². The maximum absolute atomic E-state index is 13.0. The van der Waals surface area contributed by atoms with E-state index in [0.717, 1.165) is 25.7 Å². The van der Waals surface area contributed by atoms with E-state index in [1.54, 1.807) is 36.5 Å². The van der Waals surface area contributed by atoms with Crippen molar-refractivity contribution in [3.05, 3.63) is 54.6 Å². The zero-order valence-corrected chi connectivity index (χ0v) is 21.7. The average Bonchev–Trinajstić information content (AvgIpc) is 3.62. The van der Waals surface area contributed by atoms with Gasteiger partial charge in [0.1, 0.15) is 5.75 Å². The molecule has 5 rings (SSSR count). The van der Waals surface area contributed by atoms with Gasteiger partial charge in [-0.2, -0.15) is 18.3 Å². The number of fused-ring (bicyclic) bond motifs is 1. The highest BCUT2D eigenvalue weighted by molar-refractivity contribution is 6.04. The molecule has 3 heterocycles. The molecule has 0 radical (unpaired) electrons. The van der Waals surface area contributed by atoms with Gasteiger partial charge in [0.25, 0.3) is 5.91 Å². The second kappa shape index (κ2) is 11.3. The van der Waals surface area contributed by atoms with E-state index >= 15 is 0 Å². The third kappa shape index (κ3) is 6.03. The van der Waals surface area contributed by atoms with Crippen molar-refractivity contribution >= 4 is 22.5 Å². The summed E-state index contributed by atoms with van der Waals surface area (Å²) < 4.78 is 61.5. The van der Waals surface area contributed by atoms with Crippen LogP contribution >= 0.6 is 0 Å². The quantitative estimate of drug-likeness (QED) is 0.269. The SMILES string of the molecule is COc1cc2nccc(Oc3ccc(NC(=O)c4nn(C5CCCC5)cc4OCC(F)(F)F)cn3)c2cc1OC. The highest BCUT2D eigenvalue weighted by Crippen LogP contribution is 2.37. The van der Waals surface area contributed by atoms with Gasteiger partial charge in [-0.3, -0.25) is 14.5 Å². The van der Waals surface area contributed by atoms with E-state index in [0.29, 0.717) is 33.8 Å². The molecule has 210 valence electrons. The third-order valence-corrected chi connectivity index (χ3v) is 6.42. The average molecular weight is 558 g/mol. The van der Waals surface area contributed by atoms with E-state index in [-0.39, 0.29) is 23.4 Å². The van der Waals surface area contributed by atoms with E-state index in [9.17, 15) is 18.0 Å². The lowest BCUT2D eigenvalue weighted by Crippen LogP contribution is -2.21. The van der Waals surface area contributed by atoms with Gasteiger partial charge in [-0.05, 0) is 31.0 Å². The van der Waals surface area contributed by atoms with Crippen LogP contribution in [0.25, 0.3) is 10.9 Å². The first kappa shape index (κ1) is 27.0. The standard InChI is InChI=1S/C27H26F3N5O5/c1-37-21-11-18-19(12-22(21)38-2)31-10-9-20(18)40-24-8-7-16(13-32-24)33-26(36)25-23(39-15-27(28,29)30)14-35(34-25)17-5-3-4-6-17/h7-14,17H,3-6,15H2,1-2H3,(H,33,36). The number of nitrogens with one attached hydrogen (secondary N) is 1. The first-order valence-electron chi connectivity index (χ1n) is 12.5. The number of benzene rings is 1. The molecule has 1 aliphatic rings.